The van der Waals surface area contributed by atoms with Crippen LogP contribution in [0.4, 0.5) is 0 Å². The molecule has 5 saturated heterocycles. The van der Waals surface area contributed by atoms with Crippen LogP contribution in [0.3, 0.4) is 0 Å². The van der Waals surface area contributed by atoms with E-state index >= 15 is 0 Å². The molecule has 9 N–H and O–H groups in total. The van der Waals surface area contributed by atoms with E-state index in [0.717, 1.165) is 45.1 Å². The molecule has 0 aromatic heterocycles. The maximum Gasteiger partial charge on any atom is 0.187 e. The Morgan fingerprint density at radius 1 is 0.677 bits per heavy atom. The van der Waals surface area contributed by atoms with E-state index in [1.807, 2.05) is 0 Å². The van der Waals surface area contributed by atoms with Crippen molar-refractivity contribution in [3.05, 3.63) is 11.6 Å². The van der Waals surface area contributed by atoms with E-state index in [4.69, 9.17) is 37.9 Å². The quantitative estimate of drug-likeness (QED) is 0.148. The zero-order valence-electron chi connectivity index (χ0n) is 36.6. The number of ether oxygens (including phenoxy) is 8. The highest BCUT2D eigenvalue weighted by atomic mass is 16.8. The van der Waals surface area contributed by atoms with Gasteiger partial charge in [-0.15, -0.1) is 0 Å². The summed E-state index contributed by atoms with van der Waals surface area (Å²) in [5.74, 6) is 2.72. The van der Waals surface area contributed by atoms with E-state index in [0.29, 0.717) is 41.9 Å². The molecule has 354 valence electrons. The minimum absolute atomic E-state index is 0.00992. The Morgan fingerprint density at radius 3 is 2.03 bits per heavy atom. The lowest BCUT2D eigenvalue weighted by Crippen LogP contribution is -2.66. The minimum atomic E-state index is -1.81. The largest absolute Gasteiger partial charge is 0.394 e. The zero-order valence-corrected chi connectivity index (χ0v) is 36.6. The summed E-state index contributed by atoms with van der Waals surface area (Å²) >= 11 is 0. The molecule has 62 heavy (non-hydrogen) atoms. The first-order valence-corrected chi connectivity index (χ1v) is 23.4. The van der Waals surface area contributed by atoms with Crippen LogP contribution in [0.15, 0.2) is 11.6 Å². The highest BCUT2D eigenvalue weighted by Gasteiger charge is 2.69. The zero-order chi connectivity index (χ0) is 44.2. The molecule has 8 fully saturated rings. The Labute approximate surface area is 363 Å². The van der Waals surface area contributed by atoms with Gasteiger partial charge >= 0.3 is 0 Å². The fourth-order valence-electron chi connectivity index (χ4n) is 14.1. The summed E-state index contributed by atoms with van der Waals surface area (Å²) in [5.41, 5.74) is 1.59. The van der Waals surface area contributed by atoms with Crippen molar-refractivity contribution < 1.29 is 83.9 Å². The number of allylic oxidation sites excluding steroid dienone is 1. The molecule has 1 unspecified atom stereocenters. The second-order valence-corrected chi connectivity index (χ2v) is 21.1. The fourth-order valence-corrected chi connectivity index (χ4v) is 14.1. The predicted octanol–water partition coefficient (Wildman–Crippen LogP) is 0.214. The molecule has 9 rings (SSSR count). The Bertz CT molecular complexity index is 1610. The van der Waals surface area contributed by atoms with Crippen LogP contribution in [-0.4, -0.2) is 176 Å². The van der Waals surface area contributed by atoms with Crippen molar-refractivity contribution in [3.63, 3.8) is 0 Å². The molecular formula is C45H72O17. The van der Waals surface area contributed by atoms with Gasteiger partial charge in [-0.1, -0.05) is 39.3 Å². The van der Waals surface area contributed by atoms with Crippen molar-refractivity contribution in [2.45, 2.75) is 203 Å². The van der Waals surface area contributed by atoms with Gasteiger partial charge in [0.2, 0.25) is 0 Å². The van der Waals surface area contributed by atoms with Gasteiger partial charge in [-0.2, -0.15) is 0 Å². The van der Waals surface area contributed by atoms with Gasteiger partial charge in [0.1, 0.15) is 67.1 Å². The topological polar surface area (TPSA) is 256 Å². The third kappa shape index (κ3) is 7.49. The molecule has 4 aliphatic carbocycles. The van der Waals surface area contributed by atoms with Crippen LogP contribution < -0.4 is 0 Å². The summed E-state index contributed by atoms with van der Waals surface area (Å²) in [6, 6.07) is 0. The van der Waals surface area contributed by atoms with Crippen molar-refractivity contribution in [1.82, 2.24) is 0 Å². The second-order valence-electron chi connectivity index (χ2n) is 21.1. The number of fused-ring (bicyclic) bond motifs is 7. The molecular weight excluding hydrogens is 812 g/mol. The molecule has 0 amide bonds. The molecule has 0 aromatic rings. The van der Waals surface area contributed by atoms with E-state index in [-0.39, 0.29) is 23.0 Å². The van der Waals surface area contributed by atoms with E-state index in [9.17, 15) is 46.0 Å². The molecule has 1 spiro atoms. The standard InChI is InChI=1S/C45H72O17/c1-19-8-13-45(55-18-19)20(2)30-27(62-45)15-26-24-7-6-22-14-23(9-11-43(22,4)25(24)10-12-44(26,30)5)57-42-37(54)39(32(49)29(17-47)59-42)61-40-36(53)34(51)38(21(3)56-40)60-41-35(52)33(50)31(48)28(16-46)58-41/h6,19-21,23-42,46-54H,7-18H2,1-5H3/t19?,20-,21+,23-,24+,25-,26-,27-,28+,29+,30-,31+,32+,33+,34-,35+,36+,37+,38-,39+,40-,41-,42+,43-,44-,45+/m0/s1. The molecule has 5 heterocycles. The van der Waals surface area contributed by atoms with Crippen LogP contribution in [0.1, 0.15) is 92.4 Å². The first-order valence-electron chi connectivity index (χ1n) is 23.4. The monoisotopic (exact) mass is 884 g/mol. The predicted molar refractivity (Wildman–Crippen MR) is 214 cm³/mol. The van der Waals surface area contributed by atoms with E-state index in [1.54, 1.807) is 0 Å². The van der Waals surface area contributed by atoms with E-state index < -0.39 is 111 Å². The smallest absolute Gasteiger partial charge is 0.187 e. The lowest BCUT2D eigenvalue weighted by molar-refractivity contribution is -0.378. The van der Waals surface area contributed by atoms with Crippen LogP contribution in [0, 0.1) is 46.3 Å². The minimum Gasteiger partial charge on any atom is -0.394 e. The third-order valence-corrected chi connectivity index (χ3v) is 17.7. The molecule has 9 aliphatic rings. The molecule has 0 aromatic carbocycles. The maximum absolute atomic E-state index is 11.6. The molecule has 17 nitrogen and oxygen atoms in total. The van der Waals surface area contributed by atoms with Crippen LogP contribution in [-0.2, 0) is 37.9 Å². The summed E-state index contributed by atoms with van der Waals surface area (Å²) in [6.07, 6.45) is -11.4. The Kier molecular flexibility index (Phi) is 12.9. The first-order chi connectivity index (χ1) is 29.4. The van der Waals surface area contributed by atoms with Crippen LogP contribution in [0.5, 0.6) is 0 Å². The summed E-state index contributed by atoms with van der Waals surface area (Å²) in [7, 11) is 0. The Hall–Kier alpha value is -0.940. The highest BCUT2D eigenvalue weighted by molar-refractivity contribution is 5.26. The molecule has 3 saturated carbocycles. The Balaban J connectivity index is 0.834. The molecule has 0 radical (unpaired) electrons. The molecule has 26 atom stereocenters. The van der Waals surface area contributed by atoms with Gasteiger partial charge in [0.05, 0.1) is 38.1 Å². The van der Waals surface area contributed by atoms with Crippen molar-refractivity contribution in [1.29, 1.82) is 0 Å². The van der Waals surface area contributed by atoms with Crippen molar-refractivity contribution >= 4 is 0 Å². The number of rotatable bonds is 8. The highest BCUT2D eigenvalue weighted by Crippen LogP contribution is 2.70. The average Bonchev–Trinajstić information content (AvgIpc) is 3.70. The van der Waals surface area contributed by atoms with Gasteiger partial charge in [0, 0.05) is 12.3 Å². The van der Waals surface area contributed by atoms with Gasteiger partial charge in [0.25, 0.3) is 0 Å². The first kappa shape index (κ1) is 46.2. The van der Waals surface area contributed by atoms with Gasteiger partial charge < -0.3 is 83.9 Å². The second kappa shape index (κ2) is 17.3. The lowest BCUT2D eigenvalue weighted by Gasteiger charge is -2.58. The number of aliphatic hydroxyl groups is 9. The molecule has 5 aliphatic heterocycles. The van der Waals surface area contributed by atoms with Gasteiger partial charge in [-0.3, -0.25) is 0 Å². The van der Waals surface area contributed by atoms with Crippen LogP contribution >= 0.6 is 0 Å². The molecule has 17 heteroatoms. The SMILES string of the molecule is CC1CC[C@@]2(OC1)O[C@H]1C[C@H]3[C@@H]4CC=C5C[C@@H](O[C@@H]6O[C@H](CO)[C@@H](O)[C@@H](O[C@@H]7O[C@H](C)[C@H](O[C@@H]8O[C@H](CO)[C@@H](O)[C@@H](O)[C@H]8O)[C@@H](O)[C@H]7O)[C@H]6O)CC[C@]5(C)[C@H]4CC[C@]3(C)[C@H]1[C@@H]2C. The summed E-state index contributed by atoms with van der Waals surface area (Å²) < 4.78 is 48.9. The normalized spacial score (nSPS) is 57.6. The Morgan fingerprint density at radius 2 is 1.34 bits per heavy atom. The van der Waals surface area contributed by atoms with Gasteiger partial charge in [-0.25, -0.2) is 0 Å². The van der Waals surface area contributed by atoms with Crippen LogP contribution in [0.2, 0.25) is 0 Å². The number of aliphatic hydroxyl groups excluding tert-OH is 9. The average molecular weight is 885 g/mol. The number of hydrogen-bond acceptors (Lipinski definition) is 17. The van der Waals surface area contributed by atoms with E-state index in [2.05, 4.69) is 33.8 Å². The number of hydrogen-bond donors (Lipinski definition) is 9. The maximum atomic E-state index is 11.6. The van der Waals surface area contributed by atoms with Crippen LogP contribution in [0.25, 0.3) is 0 Å². The summed E-state index contributed by atoms with van der Waals surface area (Å²) in [4.78, 5) is 0. The summed E-state index contributed by atoms with van der Waals surface area (Å²) in [5, 5.41) is 95.7. The fraction of sp³-hybridized carbons (Fsp3) is 0.956. The van der Waals surface area contributed by atoms with E-state index in [1.165, 1.54) is 25.3 Å². The van der Waals surface area contributed by atoms with Crippen molar-refractivity contribution in [2.75, 3.05) is 19.8 Å². The van der Waals surface area contributed by atoms with Crippen molar-refractivity contribution in [3.8, 4) is 0 Å². The van der Waals surface area contributed by atoms with Gasteiger partial charge in [-0.05, 0) is 98.7 Å². The van der Waals surface area contributed by atoms with Crippen molar-refractivity contribution in [2.24, 2.45) is 46.3 Å². The third-order valence-electron chi connectivity index (χ3n) is 17.7. The summed E-state index contributed by atoms with van der Waals surface area (Å²) in [6.45, 7) is 10.6. The molecule has 0 bridgehead atoms. The van der Waals surface area contributed by atoms with Gasteiger partial charge in [0.15, 0.2) is 24.7 Å². The lowest BCUT2D eigenvalue weighted by atomic mass is 9.47.